The zero-order valence-corrected chi connectivity index (χ0v) is 8.04. The normalized spacial score (nSPS) is 12.8. The van der Waals surface area contributed by atoms with Crippen LogP contribution in [0.3, 0.4) is 0 Å². The Bertz CT molecular complexity index is 263. The first-order chi connectivity index (χ1) is 6.24. The van der Waals surface area contributed by atoms with Crippen LogP contribution in [-0.2, 0) is 6.42 Å². The molecule has 3 heteroatoms. The molecule has 1 atom stereocenters. The van der Waals surface area contributed by atoms with Gasteiger partial charge in [-0.15, -0.1) is 0 Å². The molecule has 0 saturated carbocycles. The van der Waals surface area contributed by atoms with E-state index in [9.17, 15) is 0 Å². The predicted molar refractivity (Wildman–Crippen MR) is 52.9 cm³/mol. The predicted octanol–water partition coefficient (Wildman–Crippen LogP) is 1.63. The number of benzene rings is 1. The summed E-state index contributed by atoms with van der Waals surface area (Å²) in [5.74, 6) is 0. The lowest BCUT2D eigenvalue weighted by molar-refractivity contribution is 0.0886. The van der Waals surface area contributed by atoms with Crippen molar-refractivity contribution in [1.29, 1.82) is 0 Å². The maximum Gasteiger partial charge on any atom is 0.0774 e. The highest BCUT2D eigenvalue weighted by atomic mass is 35.5. The molecule has 1 aromatic carbocycles. The largest absolute Gasteiger partial charge is 0.394 e. The summed E-state index contributed by atoms with van der Waals surface area (Å²) in [4.78, 5) is 0. The molecule has 0 radical (unpaired) electrons. The third-order valence-corrected chi connectivity index (χ3v) is 2.28. The maximum atomic E-state index is 9.12. The van der Waals surface area contributed by atoms with Gasteiger partial charge in [0, 0.05) is 5.02 Å². The monoisotopic (exact) mass is 200 g/mol. The molecule has 0 aliphatic carbocycles. The Kier molecular flexibility index (Phi) is 4.22. The van der Waals surface area contributed by atoms with Crippen molar-refractivity contribution in [1.82, 2.24) is 0 Å². The van der Waals surface area contributed by atoms with Gasteiger partial charge in [-0.05, 0) is 24.5 Å². The van der Waals surface area contributed by atoms with E-state index < -0.39 is 6.10 Å². The number of hydrogen-bond acceptors (Lipinski definition) is 2. The van der Waals surface area contributed by atoms with E-state index in [0.29, 0.717) is 17.9 Å². The van der Waals surface area contributed by atoms with E-state index in [1.54, 1.807) is 0 Å². The molecule has 0 fully saturated rings. The third kappa shape index (κ3) is 3.35. The zero-order chi connectivity index (χ0) is 9.68. The van der Waals surface area contributed by atoms with Crippen LogP contribution in [0, 0.1) is 0 Å². The molecule has 2 N–H and O–H groups in total. The average molecular weight is 201 g/mol. The fraction of sp³-hybridized carbons (Fsp3) is 0.400. The van der Waals surface area contributed by atoms with E-state index in [4.69, 9.17) is 21.8 Å². The van der Waals surface area contributed by atoms with Gasteiger partial charge in [0.15, 0.2) is 0 Å². The second-order valence-electron chi connectivity index (χ2n) is 2.97. The Labute approximate surface area is 82.8 Å². The minimum Gasteiger partial charge on any atom is -0.394 e. The molecular formula is C10H13ClO2. The van der Waals surface area contributed by atoms with E-state index in [1.807, 2.05) is 24.3 Å². The van der Waals surface area contributed by atoms with Crippen molar-refractivity contribution in [3.63, 3.8) is 0 Å². The van der Waals surface area contributed by atoms with E-state index >= 15 is 0 Å². The Morgan fingerprint density at radius 3 is 2.62 bits per heavy atom. The van der Waals surface area contributed by atoms with Crippen LogP contribution in [0.2, 0.25) is 5.02 Å². The number of halogens is 1. The van der Waals surface area contributed by atoms with Gasteiger partial charge in [-0.2, -0.15) is 0 Å². The molecule has 0 aliphatic rings. The second kappa shape index (κ2) is 5.22. The summed E-state index contributed by atoms with van der Waals surface area (Å²) < 4.78 is 0. The van der Waals surface area contributed by atoms with Gasteiger partial charge in [0.1, 0.15) is 0 Å². The van der Waals surface area contributed by atoms with Crippen molar-refractivity contribution in [2.75, 3.05) is 6.61 Å². The van der Waals surface area contributed by atoms with E-state index in [-0.39, 0.29) is 6.61 Å². The smallest absolute Gasteiger partial charge is 0.0774 e. The minimum atomic E-state index is -0.642. The average Bonchev–Trinajstić information content (AvgIpc) is 2.16. The lowest BCUT2D eigenvalue weighted by Crippen LogP contribution is -2.12. The van der Waals surface area contributed by atoms with Crippen LogP contribution in [0.1, 0.15) is 12.0 Å². The van der Waals surface area contributed by atoms with E-state index in [0.717, 1.165) is 5.56 Å². The zero-order valence-electron chi connectivity index (χ0n) is 7.28. The highest BCUT2D eigenvalue weighted by Crippen LogP contribution is 2.16. The van der Waals surface area contributed by atoms with Gasteiger partial charge in [0.05, 0.1) is 12.7 Å². The first kappa shape index (κ1) is 10.5. The molecule has 1 rings (SSSR count). The molecular weight excluding hydrogens is 188 g/mol. The SMILES string of the molecule is OCC(O)CCc1ccccc1Cl. The van der Waals surface area contributed by atoms with Crippen molar-refractivity contribution in [3.8, 4) is 0 Å². The van der Waals surface area contributed by atoms with Crippen molar-refractivity contribution < 1.29 is 10.2 Å². The van der Waals surface area contributed by atoms with Gasteiger partial charge in [0.2, 0.25) is 0 Å². The maximum absolute atomic E-state index is 9.12. The second-order valence-corrected chi connectivity index (χ2v) is 3.37. The van der Waals surface area contributed by atoms with Gasteiger partial charge < -0.3 is 10.2 Å². The fourth-order valence-electron chi connectivity index (χ4n) is 1.11. The first-order valence-electron chi connectivity index (χ1n) is 4.26. The number of aryl methyl sites for hydroxylation is 1. The first-order valence-corrected chi connectivity index (χ1v) is 4.64. The van der Waals surface area contributed by atoms with E-state index in [1.165, 1.54) is 0 Å². The molecule has 0 bridgehead atoms. The van der Waals surface area contributed by atoms with Crippen molar-refractivity contribution in [3.05, 3.63) is 34.9 Å². The van der Waals surface area contributed by atoms with Gasteiger partial charge in [-0.3, -0.25) is 0 Å². The van der Waals surface area contributed by atoms with Crippen LogP contribution in [0.4, 0.5) is 0 Å². The molecule has 0 amide bonds. The molecule has 0 aromatic heterocycles. The van der Waals surface area contributed by atoms with Crippen LogP contribution in [0.15, 0.2) is 24.3 Å². The van der Waals surface area contributed by atoms with Gasteiger partial charge in [-0.25, -0.2) is 0 Å². The van der Waals surface area contributed by atoms with Crippen molar-refractivity contribution in [2.24, 2.45) is 0 Å². The third-order valence-electron chi connectivity index (χ3n) is 1.92. The molecule has 0 aliphatic heterocycles. The summed E-state index contributed by atoms with van der Waals surface area (Å²) >= 11 is 5.91. The topological polar surface area (TPSA) is 40.5 Å². The minimum absolute atomic E-state index is 0.190. The Balaban J connectivity index is 2.50. The molecule has 0 heterocycles. The van der Waals surface area contributed by atoms with Crippen LogP contribution >= 0.6 is 11.6 Å². The Hall–Kier alpha value is -0.570. The Morgan fingerprint density at radius 1 is 1.31 bits per heavy atom. The summed E-state index contributed by atoms with van der Waals surface area (Å²) in [6, 6.07) is 7.52. The molecule has 0 saturated heterocycles. The van der Waals surface area contributed by atoms with Gasteiger partial charge >= 0.3 is 0 Å². The molecule has 2 nitrogen and oxygen atoms in total. The van der Waals surface area contributed by atoms with Gasteiger partial charge in [-0.1, -0.05) is 29.8 Å². The number of aliphatic hydroxyl groups is 2. The summed E-state index contributed by atoms with van der Waals surface area (Å²) in [7, 11) is 0. The molecule has 1 aromatic rings. The highest BCUT2D eigenvalue weighted by molar-refractivity contribution is 6.31. The quantitative estimate of drug-likeness (QED) is 0.776. The summed E-state index contributed by atoms with van der Waals surface area (Å²) in [5.41, 5.74) is 1.01. The van der Waals surface area contributed by atoms with E-state index in [2.05, 4.69) is 0 Å². The van der Waals surface area contributed by atoms with Gasteiger partial charge in [0.25, 0.3) is 0 Å². The molecule has 13 heavy (non-hydrogen) atoms. The molecule has 72 valence electrons. The van der Waals surface area contributed by atoms with Crippen molar-refractivity contribution >= 4 is 11.6 Å². The number of aliphatic hydroxyl groups excluding tert-OH is 2. The standard InChI is InChI=1S/C10H13ClO2/c11-10-4-2-1-3-8(10)5-6-9(13)7-12/h1-4,9,12-13H,5-7H2. The molecule has 0 spiro atoms. The summed E-state index contributed by atoms with van der Waals surface area (Å²) in [6.07, 6.45) is 0.595. The molecule has 1 unspecified atom stereocenters. The van der Waals surface area contributed by atoms with Crippen LogP contribution in [-0.4, -0.2) is 22.9 Å². The summed E-state index contributed by atoms with van der Waals surface area (Å²) in [6.45, 7) is -0.190. The fourth-order valence-corrected chi connectivity index (χ4v) is 1.34. The van der Waals surface area contributed by atoms with Crippen LogP contribution in [0.5, 0.6) is 0 Å². The highest BCUT2D eigenvalue weighted by Gasteiger charge is 2.04. The summed E-state index contributed by atoms with van der Waals surface area (Å²) in [5, 5.41) is 18.4. The van der Waals surface area contributed by atoms with Crippen LogP contribution in [0.25, 0.3) is 0 Å². The lowest BCUT2D eigenvalue weighted by atomic mass is 10.1. The van der Waals surface area contributed by atoms with Crippen LogP contribution < -0.4 is 0 Å². The number of hydrogen-bond donors (Lipinski definition) is 2. The lowest BCUT2D eigenvalue weighted by Gasteiger charge is -2.07. The number of rotatable bonds is 4. The Morgan fingerprint density at radius 2 is 2.00 bits per heavy atom. The van der Waals surface area contributed by atoms with Crippen molar-refractivity contribution in [2.45, 2.75) is 18.9 Å².